The lowest BCUT2D eigenvalue weighted by Gasteiger charge is -1.92. The van der Waals surface area contributed by atoms with Crippen molar-refractivity contribution in [2.75, 3.05) is 0 Å². The van der Waals surface area contributed by atoms with Gasteiger partial charge in [-0.05, 0) is 6.07 Å². The largest absolute Gasteiger partial charge is 0.247 e. The average molecular weight is 154 g/mol. The molecule has 50 valence electrons. The van der Waals surface area contributed by atoms with Gasteiger partial charge in [0.25, 0.3) is 0 Å². The van der Waals surface area contributed by atoms with Crippen LogP contribution in [0.2, 0.25) is 0 Å². The van der Waals surface area contributed by atoms with Gasteiger partial charge < -0.3 is 0 Å². The Kier molecular flexibility index (Phi) is 1.88. The third-order valence-electron chi connectivity index (χ3n) is 0.991. The summed E-state index contributed by atoms with van der Waals surface area (Å²) in [6.45, 7) is 0. The maximum atomic E-state index is 12.6. The predicted octanol–water partition coefficient (Wildman–Crippen LogP) is 1.38. The van der Waals surface area contributed by atoms with Crippen molar-refractivity contribution in [2.45, 2.75) is 5.03 Å². The van der Waals surface area contributed by atoms with E-state index in [1.54, 1.807) is 6.07 Å². The zero-order valence-corrected chi connectivity index (χ0v) is 5.77. The van der Waals surface area contributed by atoms with E-state index >= 15 is 0 Å². The molecular weight excluding hydrogens is 151 g/mol. The fourth-order valence-corrected chi connectivity index (χ4v) is 0.706. The normalized spacial score (nSPS) is 8.90. The highest BCUT2D eigenvalue weighted by Gasteiger charge is 2.03. The molecule has 0 saturated heterocycles. The van der Waals surface area contributed by atoms with Gasteiger partial charge in [-0.15, -0.1) is 12.6 Å². The number of nitrogens with zero attached hydrogens (tertiary/aromatic N) is 2. The molecule has 0 aliphatic heterocycles. The standard InChI is InChI=1S/C6H3FN2S/c7-5-4(3-8)1-2-9-6(5)10/h1-2H,(H,9,10). The number of hydrogen-bond acceptors (Lipinski definition) is 3. The maximum Gasteiger partial charge on any atom is 0.172 e. The van der Waals surface area contributed by atoms with Crippen LogP contribution in [0, 0.1) is 17.1 Å². The van der Waals surface area contributed by atoms with E-state index in [-0.39, 0.29) is 10.6 Å². The van der Waals surface area contributed by atoms with Crippen LogP contribution in [0.15, 0.2) is 17.3 Å². The first-order valence-electron chi connectivity index (χ1n) is 2.49. The smallest absolute Gasteiger partial charge is 0.172 e. The molecule has 0 atom stereocenters. The molecule has 0 fully saturated rings. The summed E-state index contributed by atoms with van der Waals surface area (Å²) in [5.41, 5.74) is -0.0278. The van der Waals surface area contributed by atoms with Gasteiger partial charge in [0.2, 0.25) is 0 Å². The number of rotatable bonds is 0. The lowest BCUT2D eigenvalue weighted by molar-refractivity contribution is 0.585. The highest BCUT2D eigenvalue weighted by atomic mass is 32.1. The van der Waals surface area contributed by atoms with Gasteiger partial charge in [0.1, 0.15) is 11.1 Å². The number of thiol groups is 1. The van der Waals surface area contributed by atoms with Gasteiger partial charge in [-0.3, -0.25) is 0 Å². The fourth-order valence-electron chi connectivity index (χ4n) is 0.519. The van der Waals surface area contributed by atoms with Crippen LogP contribution in [0.3, 0.4) is 0 Å². The van der Waals surface area contributed by atoms with Gasteiger partial charge in [-0.25, -0.2) is 9.37 Å². The number of pyridine rings is 1. The summed E-state index contributed by atoms with van der Waals surface area (Å²) in [7, 11) is 0. The Balaban J connectivity index is 3.31. The van der Waals surface area contributed by atoms with Crippen LogP contribution < -0.4 is 0 Å². The summed E-state index contributed by atoms with van der Waals surface area (Å²) < 4.78 is 12.6. The minimum atomic E-state index is -0.659. The first-order chi connectivity index (χ1) is 4.75. The minimum Gasteiger partial charge on any atom is -0.247 e. The van der Waals surface area contributed by atoms with Gasteiger partial charge in [-0.2, -0.15) is 5.26 Å². The molecule has 0 bridgehead atoms. The van der Waals surface area contributed by atoms with Crippen LogP contribution in [0.25, 0.3) is 0 Å². The molecule has 0 amide bonds. The monoisotopic (exact) mass is 154 g/mol. The Labute approximate surface area is 62.7 Å². The molecule has 1 rings (SSSR count). The van der Waals surface area contributed by atoms with E-state index in [4.69, 9.17) is 5.26 Å². The molecule has 0 aliphatic carbocycles. The van der Waals surface area contributed by atoms with Gasteiger partial charge in [-0.1, -0.05) is 0 Å². The Hall–Kier alpha value is -1.08. The first-order valence-corrected chi connectivity index (χ1v) is 2.94. The van der Waals surface area contributed by atoms with Crippen molar-refractivity contribution in [1.82, 2.24) is 4.98 Å². The fraction of sp³-hybridized carbons (Fsp3) is 0. The molecule has 0 aromatic carbocycles. The van der Waals surface area contributed by atoms with Crippen molar-refractivity contribution in [1.29, 1.82) is 5.26 Å². The number of aromatic nitrogens is 1. The molecule has 1 aromatic rings. The number of halogens is 1. The van der Waals surface area contributed by atoms with E-state index in [9.17, 15) is 4.39 Å². The second-order valence-electron chi connectivity index (χ2n) is 1.61. The van der Waals surface area contributed by atoms with Crippen molar-refractivity contribution in [3.8, 4) is 6.07 Å². The minimum absolute atomic E-state index is 0.0278. The molecule has 4 heteroatoms. The molecule has 2 nitrogen and oxygen atoms in total. The van der Waals surface area contributed by atoms with E-state index in [1.165, 1.54) is 12.3 Å². The molecule has 0 N–H and O–H groups in total. The molecule has 0 radical (unpaired) electrons. The summed E-state index contributed by atoms with van der Waals surface area (Å²) >= 11 is 3.68. The SMILES string of the molecule is N#Cc1ccnc(S)c1F. The van der Waals surface area contributed by atoms with Crippen LogP contribution >= 0.6 is 12.6 Å². The lowest BCUT2D eigenvalue weighted by Crippen LogP contribution is -1.87. The molecule has 1 aromatic heterocycles. The van der Waals surface area contributed by atoms with Gasteiger partial charge in [0.15, 0.2) is 5.82 Å². The van der Waals surface area contributed by atoms with E-state index in [0.29, 0.717) is 0 Å². The van der Waals surface area contributed by atoms with E-state index in [2.05, 4.69) is 17.6 Å². The molecule has 0 spiro atoms. The van der Waals surface area contributed by atoms with Crippen molar-refractivity contribution < 1.29 is 4.39 Å². The van der Waals surface area contributed by atoms with Crippen LogP contribution in [0.1, 0.15) is 5.56 Å². The summed E-state index contributed by atoms with van der Waals surface area (Å²) in [5, 5.41) is 8.25. The second kappa shape index (κ2) is 2.67. The molecule has 10 heavy (non-hydrogen) atoms. The Morgan fingerprint density at radius 3 is 2.90 bits per heavy atom. The van der Waals surface area contributed by atoms with Crippen LogP contribution in [-0.2, 0) is 0 Å². The third kappa shape index (κ3) is 1.09. The van der Waals surface area contributed by atoms with Gasteiger partial charge in [0, 0.05) is 6.20 Å². The maximum absolute atomic E-state index is 12.6. The predicted molar refractivity (Wildman–Crippen MR) is 36.2 cm³/mol. The Morgan fingerprint density at radius 2 is 2.40 bits per heavy atom. The quantitative estimate of drug-likeness (QED) is 0.573. The van der Waals surface area contributed by atoms with Crippen molar-refractivity contribution >= 4 is 12.6 Å². The van der Waals surface area contributed by atoms with Gasteiger partial charge >= 0.3 is 0 Å². The highest BCUT2D eigenvalue weighted by Crippen LogP contribution is 2.11. The number of nitriles is 1. The molecule has 0 saturated carbocycles. The zero-order chi connectivity index (χ0) is 7.56. The molecule has 0 unspecified atom stereocenters. The van der Waals surface area contributed by atoms with E-state index in [1.807, 2.05) is 0 Å². The van der Waals surface area contributed by atoms with Crippen molar-refractivity contribution in [3.63, 3.8) is 0 Å². The Bertz CT molecular complexity index is 292. The average Bonchev–Trinajstić information content (AvgIpc) is 1.95. The third-order valence-corrected chi connectivity index (χ3v) is 1.30. The second-order valence-corrected chi connectivity index (χ2v) is 2.03. The topological polar surface area (TPSA) is 36.7 Å². The summed E-state index contributed by atoms with van der Waals surface area (Å²) in [6.07, 6.45) is 1.34. The van der Waals surface area contributed by atoms with Crippen LogP contribution in [-0.4, -0.2) is 4.98 Å². The zero-order valence-electron chi connectivity index (χ0n) is 4.87. The lowest BCUT2D eigenvalue weighted by atomic mass is 10.3. The van der Waals surface area contributed by atoms with E-state index < -0.39 is 5.82 Å². The molecular formula is C6H3FN2S. The summed E-state index contributed by atoms with van der Waals surface area (Å²) in [5.74, 6) is -0.659. The molecule has 1 heterocycles. The van der Waals surface area contributed by atoms with Crippen molar-refractivity contribution in [2.24, 2.45) is 0 Å². The van der Waals surface area contributed by atoms with Crippen LogP contribution in [0.5, 0.6) is 0 Å². The van der Waals surface area contributed by atoms with Crippen LogP contribution in [0.4, 0.5) is 4.39 Å². The summed E-state index contributed by atoms with van der Waals surface area (Å²) in [4.78, 5) is 3.53. The highest BCUT2D eigenvalue weighted by molar-refractivity contribution is 7.80. The summed E-state index contributed by atoms with van der Waals surface area (Å²) in [6, 6.07) is 2.97. The van der Waals surface area contributed by atoms with E-state index in [0.717, 1.165) is 0 Å². The first kappa shape index (κ1) is 7.03. The molecule has 0 aliphatic rings. The van der Waals surface area contributed by atoms with Gasteiger partial charge in [0.05, 0.1) is 5.56 Å². The van der Waals surface area contributed by atoms with Crippen molar-refractivity contribution in [3.05, 3.63) is 23.6 Å². The Morgan fingerprint density at radius 1 is 1.70 bits per heavy atom. The number of hydrogen-bond donors (Lipinski definition) is 1.